The Bertz CT molecular complexity index is 1000. The molecule has 3 rings (SSSR count). The van der Waals surface area contributed by atoms with Gasteiger partial charge in [0.25, 0.3) is 5.91 Å². The smallest absolute Gasteiger partial charge is 0.251 e. The normalized spacial score (nSPS) is 10.5. The number of aromatic nitrogens is 1. The minimum absolute atomic E-state index is 0.197. The molecule has 0 aliphatic heterocycles. The van der Waals surface area contributed by atoms with Crippen molar-refractivity contribution in [2.75, 3.05) is 11.9 Å². The van der Waals surface area contributed by atoms with Crippen LogP contribution in [0.15, 0.2) is 53.1 Å². The molecule has 0 saturated carbocycles. The fourth-order valence-corrected chi connectivity index (χ4v) is 3.60. The maximum absolute atomic E-state index is 12.9. The van der Waals surface area contributed by atoms with E-state index in [0.717, 1.165) is 26.9 Å². The molecule has 144 valence electrons. The second-order valence-corrected chi connectivity index (χ2v) is 8.10. The molecule has 0 spiro atoms. The Labute approximate surface area is 174 Å². The van der Waals surface area contributed by atoms with Crippen molar-refractivity contribution in [3.05, 3.63) is 80.5 Å². The van der Waals surface area contributed by atoms with Gasteiger partial charge < -0.3 is 10.6 Å². The van der Waals surface area contributed by atoms with Gasteiger partial charge in [-0.1, -0.05) is 28.1 Å². The van der Waals surface area contributed by atoms with Gasteiger partial charge in [-0.3, -0.25) is 9.59 Å². The molecule has 0 radical (unpaired) electrons. The van der Waals surface area contributed by atoms with Gasteiger partial charge in [0.2, 0.25) is 5.91 Å². The van der Waals surface area contributed by atoms with E-state index in [0.29, 0.717) is 5.13 Å². The summed E-state index contributed by atoms with van der Waals surface area (Å²) in [5, 5.41) is 5.64. The van der Waals surface area contributed by atoms with Crippen LogP contribution in [0.2, 0.25) is 0 Å². The lowest BCUT2D eigenvalue weighted by atomic mass is 10.1. The van der Waals surface area contributed by atoms with Crippen LogP contribution < -0.4 is 10.6 Å². The van der Waals surface area contributed by atoms with E-state index in [1.807, 2.05) is 19.1 Å². The van der Waals surface area contributed by atoms with Crippen molar-refractivity contribution in [2.24, 2.45) is 0 Å². The van der Waals surface area contributed by atoms with Crippen molar-refractivity contribution in [1.82, 2.24) is 10.3 Å². The first-order valence-corrected chi connectivity index (χ1v) is 10.0. The van der Waals surface area contributed by atoms with Crippen LogP contribution in [0.1, 0.15) is 26.4 Å². The number of carbonyl (C=O) groups is 2. The van der Waals surface area contributed by atoms with E-state index in [-0.39, 0.29) is 18.0 Å². The Morgan fingerprint density at radius 1 is 1.18 bits per heavy atom. The zero-order valence-electron chi connectivity index (χ0n) is 15.0. The fourth-order valence-electron chi connectivity index (χ4n) is 2.49. The van der Waals surface area contributed by atoms with Crippen LogP contribution in [-0.4, -0.2) is 23.3 Å². The molecular weight excluding hydrogens is 445 g/mol. The topological polar surface area (TPSA) is 71.1 Å². The zero-order valence-corrected chi connectivity index (χ0v) is 17.4. The quantitative estimate of drug-likeness (QED) is 0.574. The highest BCUT2D eigenvalue weighted by molar-refractivity contribution is 9.10. The van der Waals surface area contributed by atoms with Crippen LogP contribution >= 0.6 is 27.3 Å². The summed E-state index contributed by atoms with van der Waals surface area (Å²) in [5.41, 5.74) is 2.61. The SMILES string of the molecule is Cc1cc(Cc2cnc(NC(=O)CNC(=O)c3ccc(F)cc3)s2)ccc1Br. The van der Waals surface area contributed by atoms with Crippen LogP contribution in [-0.2, 0) is 11.2 Å². The van der Waals surface area contributed by atoms with E-state index in [1.165, 1.54) is 35.6 Å². The lowest BCUT2D eigenvalue weighted by Crippen LogP contribution is -2.32. The largest absolute Gasteiger partial charge is 0.343 e. The number of rotatable bonds is 6. The predicted molar refractivity (Wildman–Crippen MR) is 111 cm³/mol. The number of benzene rings is 2. The average Bonchev–Trinajstić information content (AvgIpc) is 3.10. The summed E-state index contributed by atoms with van der Waals surface area (Å²) in [4.78, 5) is 29.2. The van der Waals surface area contributed by atoms with Crippen LogP contribution in [0.4, 0.5) is 9.52 Å². The zero-order chi connectivity index (χ0) is 20.1. The summed E-state index contributed by atoms with van der Waals surface area (Å²) in [6, 6.07) is 11.3. The summed E-state index contributed by atoms with van der Waals surface area (Å²) in [6.45, 7) is 1.84. The van der Waals surface area contributed by atoms with E-state index in [9.17, 15) is 14.0 Å². The van der Waals surface area contributed by atoms with E-state index in [1.54, 1.807) is 6.20 Å². The molecule has 0 atom stereocenters. The highest BCUT2D eigenvalue weighted by Gasteiger charge is 2.11. The van der Waals surface area contributed by atoms with Gasteiger partial charge in [-0.2, -0.15) is 0 Å². The van der Waals surface area contributed by atoms with Crippen LogP contribution in [0, 0.1) is 12.7 Å². The van der Waals surface area contributed by atoms with Gasteiger partial charge >= 0.3 is 0 Å². The van der Waals surface area contributed by atoms with E-state index in [4.69, 9.17) is 0 Å². The Balaban J connectivity index is 1.51. The molecule has 3 aromatic rings. The molecule has 8 heteroatoms. The summed E-state index contributed by atoms with van der Waals surface area (Å²) >= 11 is 4.87. The van der Waals surface area contributed by atoms with Crippen LogP contribution in [0.25, 0.3) is 0 Å². The third kappa shape index (κ3) is 5.46. The van der Waals surface area contributed by atoms with E-state index in [2.05, 4.69) is 37.6 Å². The number of nitrogens with zero attached hydrogens (tertiary/aromatic N) is 1. The second-order valence-electron chi connectivity index (χ2n) is 6.13. The van der Waals surface area contributed by atoms with Gasteiger partial charge in [0, 0.05) is 27.5 Å². The first kappa shape index (κ1) is 20.2. The number of thiazole rings is 1. The minimum Gasteiger partial charge on any atom is -0.343 e. The molecule has 0 aliphatic rings. The first-order valence-electron chi connectivity index (χ1n) is 8.44. The second kappa shape index (κ2) is 9.07. The Morgan fingerprint density at radius 2 is 1.93 bits per heavy atom. The molecule has 0 unspecified atom stereocenters. The number of aryl methyl sites for hydroxylation is 1. The van der Waals surface area contributed by atoms with Crippen molar-refractivity contribution in [1.29, 1.82) is 0 Å². The van der Waals surface area contributed by atoms with Gasteiger partial charge in [-0.25, -0.2) is 9.37 Å². The monoisotopic (exact) mass is 461 g/mol. The standard InChI is InChI=1S/C20H17BrFN3O2S/c1-12-8-13(2-7-17(12)21)9-16-10-24-20(28-16)25-18(26)11-23-19(27)14-3-5-15(22)6-4-14/h2-8,10H,9,11H2,1H3,(H,23,27)(H,24,25,26). The van der Waals surface area contributed by atoms with Crippen molar-refractivity contribution in [2.45, 2.75) is 13.3 Å². The number of hydrogen-bond donors (Lipinski definition) is 2. The van der Waals surface area contributed by atoms with Gasteiger partial charge in [0.15, 0.2) is 5.13 Å². The van der Waals surface area contributed by atoms with Crippen molar-refractivity contribution in [3.63, 3.8) is 0 Å². The lowest BCUT2D eigenvalue weighted by Gasteiger charge is -2.05. The van der Waals surface area contributed by atoms with Gasteiger partial charge in [0.05, 0.1) is 6.54 Å². The van der Waals surface area contributed by atoms with Crippen molar-refractivity contribution < 1.29 is 14.0 Å². The highest BCUT2D eigenvalue weighted by Crippen LogP contribution is 2.23. The molecule has 2 aromatic carbocycles. The maximum atomic E-state index is 12.9. The third-order valence-electron chi connectivity index (χ3n) is 3.92. The van der Waals surface area contributed by atoms with Gasteiger partial charge in [-0.15, -0.1) is 11.3 Å². The number of hydrogen-bond acceptors (Lipinski definition) is 4. The third-order valence-corrected chi connectivity index (χ3v) is 5.72. The molecule has 2 N–H and O–H groups in total. The molecule has 28 heavy (non-hydrogen) atoms. The molecule has 5 nitrogen and oxygen atoms in total. The number of anilines is 1. The first-order chi connectivity index (χ1) is 13.4. The minimum atomic E-state index is -0.444. The molecule has 1 heterocycles. The molecule has 0 saturated heterocycles. The lowest BCUT2D eigenvalue weighted by molar-refractivity contribution is -0.115. The number of carbonyl (C=O) groups excluding carboxylic acids is 2. The average molecular weight is 462 g/mol. The number of amides is 2. The Morgan fingerprint density at radius 3 is 2.64 bits per heavy atom. The summed E-state index contributed by atoms with van der Waals surface area (Å²) in [7, 11) is 0. The highest BCUT2D eigenvalue weighted by atomic mass is 79.9. The molecule has 0 fully saturated rings. The Hall–Kier alpha value is -2.58. The van der Waals surface area contributed by atoms with E-state index >= 15 is 0 Å². The summed E-state index contributed by atoms with van der Waals surface area (Å²) in [5.74, 6) is -1.25. The number of nitrogens with one attached hydrogen (secondary N) is 2. The van der Waals surface area contributed by atoms with Gasteiger partial charge in [-0.05, 0) is 48.4 Å². The fraction of sp³-hybridized carbons (Fsp3) is 0.150. The Kier molecular flexibility index (Phi) is 6.53. The number of halogens is 2. The van der Waals surface area contributed by atoms with Crippen LogP contribution in [0.5, 0.6) is 0 Å². The van der Waals surface area contributed by atoms with Crippen molar-refractivity contribution >= 4 is 44.2 Å². The van der Waals surface area contributed by atoms with Crippen molar-refractivity contribution in [3.8, 4) is 0 Å². The van der Waals surface area contributed by atoms with Crippen LogP contribution in [0.3, 0.4) is 0 Å². The summed E-state index contributed by atoms with van der Waals surface area (Å²) in [6.07, 6.45) is 2.46. The predicted octanol–water partition coefficient (Wildman–Crippen LogP) is 4.31. The van der Waals surface area contributed by atoms with Gasteiger partial charge in [0.1, 0.15) is 5.82 Å². The maximum Gasteiger partial charge on any atom is 0.251 e. The molecular formula is C20H17BrFN3O2S. The molecule has 1 aromatic heterocycles. The molecule has 0 aliphatic carbocycles. The van der Waals surface area contributed by atoms with E-state index < -0.39 is 11.7 Å². The summed E-state index contributed by atoms with van der Waals surface area (Å²) < 4.78 is 13.9. The molecule has 0 bridgehead atoms. The molecule has 2 amide bonds.